The highest BCUT2D eigenvalue weighted by molar-refractivity contribution is 6.81. The van der Waals surface area contributed by atoms with E-state index in [1.54, 1.807) is 0 Å². The molecule has 6 atom stereocenters. The van der Waals surface area contributed by atoms with Crippen molar-refractivity contribution >= 4 is 8.07 Å². The molecule has 40 heavy (non-hydrogen) atoms. The number of hydrogen-bond donors (Lipinski definition) is 1. The predicted molar refractivity (Wildman–Crippen MR) is 161 cm³/mol. The van der Waals surface area contributed by atoms with Crippen molar-refractivity contribution < 1.29 is 28.8 Å². The lowest BCUT2D eigenvalue weighted by Crippen LogP contribution is -2.62. The van der Waals surface area contributed by atoms with Gasteiger partial charge in [0.25, 0.3) is 0 Å². The van der Waals surface area contributed by atoms with Crippen LogP contribution in [0.3, 0.4) is 0 Å². The van der Waals surface area contributed by atoms with Crippen molar-refractivity contribution in [3.8, 4) is 0 Å². The van der Waals surface area contributed by atoms with Crippen molar-refractivity contribution in [1.29, 1.82) is 0 Å². The molecule has 6 unspecified atom stereocenters. The van der Waals surface area contributed by atoms with Crippen LogP contribution in [-0.4, -0.2) is 57.6 Å². The van der Waals surface area contributed by atoms with Crippen molar-refractivity contribution in [3.05, 3.63) is 109 Å². The SMILES string of the molecule is C=CC[Si](CC=C)(CC=C)CCCc1ccc(COC2C(O)C(OC)OC3COC(c4ccccc4)OC32)cc1. The maximum atomic E-state index is 11.0. The van der Waals surface area contributed by atoms with Gasteiger partial charge in [-0.25, -0.2) is 0 Å². The molecule has 0 radical (unpaired) electrons. The average molecular weight is 565 g/mol. The maximum Gasteiger partial charge on any atom is 0.186 e. The monoisotopic (exact) mass is 564 g/mol. The van der Waals surface area contributed by atoms with E-state index in [1.165, 1.54) is 18.7 Å². The molecular weight excluding hydrogens is 520 g/mol. The third kappa shape index (κ3) is 7.67. The molecule has 7 heteroatoms. The fourth-order valence-corrected chi connectivity index (χ4v) is 9.74. The van der Waals surface area contributed by atoms with E-state index in [9.17, 15) is 5.11 Å². The number of rotatable bonds is 15. The van der Waals surface area contributed by atoms with Gasteiger partial charge in [0, 0.05) is 12.7 Å². The van der Waals surface area contributed by atoms with Crippen LogP contribution >= 0.6 is 0 Å². The highest BCUT2D eigenvalue weighted by atomic mass is 28.3. The summed E-state index contributed by atoms with van der Waals surface area (Å²) in [6, 6.07) is 22.9. The van der Waals surface area contributed by atoms with Crippen LogP contribution in [0.4, 0.5) is 0 Å². The van der Waals surface area contributed by atoms with E-state index in [-0.39, 0.29) is 0 Å². The Hall–Kier alpha value is -2.36. The van der Waals surface area contributed by atoms with Crippen molar-refractivity contribution in [3.63, 3.8) is 0 Å². The van der Waals surface area contributed by atoms with E-state index >= 15 is 0 Å². The molecule has 2 aromatic carbocycles. The molecule has 0 bridgehead atoms. The molecule has 2 aromatic rings. The maximum absolute atomic E-state index is 11.0. The number of fused-ring (bicyclic) bond motifs is 1. The second-order valence-electron chi connectivity index (χ2n) is 10.9. The molecule has 4 rings (SSSR count). The second kappa shape index (κ2) is 15.0. The number of aliphatic hydroxyl groups is 1. The molecule has 2 fully saturated rings. The lowest BCUT2D eigenvalue weighted by molar-refractivity contribution is -0.363. The first-order valence-corrected chi connectivity index (χ1v) is 17.1. The molecule has 216 valence electrons. The van der Waals surface area contributed by atoms with Gasteiger partial charge in [0.2, 0.25) is 0 Å². The molecule has 2 saturated heterocycles. The Morgan fingerprint density at radius 2 is 1.57 bits per heavy atom. The van der Waals surface area contributed by atoms with Gasteiger partial charge in [0.05, 0.1) is 21.3 Å². The second-order valence-corrected chi connectivity index (χ2v) is 15.6. The molecule has 0 saturated carbocycles. The summed E-state index contributed by atoms with van der Waals surface area (Å²) in [6.45, 7) is 12.7. The van der Waals surface area contributed by atoms with Crippen LogP contribution < -0.4 is 0 Å². The van der Waals surface area contributed by atoms with Crippen molar-refractivity contribution in [2.24, 2.45) is 0 Å². The zero-order valence-electron chi connectivity index (χ0n) is 23.7. The van der Waals surface area contributed by atoms with Crippen LogP contribution in [-0.2, 0) is 36.7 Å². The number of ether oxygens (including phenoxy) is 5. The highest BCUT2D eigenvalue weighted by Crippen LogP contribution is 2.36. The summed E-state index contributed by atoms with van der Waals surface area (Å²) >= 11 is 0. The normalized spacial score (nSPS) is 26.6. The van der Waals surface area contributed by atoms with Gasteiger partial charge in [-0.05, 0) is 35.7 Å². The van der Waals surface area contributed by atoms with Gasteiger partial charge in [-0.3, -0.25) is 0 Å². The van der Waals surface area contributed by atoms with Crippen LogP contribution in [0, 0.1) is 0 Å². The van der Waals surface area contributed by atoms with E-state index in [0.717, 1.165) is 42.1 Å². The van der Waals surface area contributed by atoms with Crippen LogP contribution in [0.15, 0.2) is 92.6 Å². The fourth-order valence-electron chi connectivity index (χ4n) is 5.86. The van der Waals surface area contributed by atoms with Gasteiger partial charge >= 0.3 is 0 Å². The number of hydrogen-bond acceptors (Lipinski definition) is 6. The first kappa shape index (κ1) is 30.6. The predicted octanol–water partition coefficient (Wildman–Crippen LogP) is 6.36. The molecule has 0 amide bonds. The summed E-state index contributed by atoms with van der Waals surface area (Å²) in [5.41, 5.74) is 3.26. The Morgan fingerprint density at radius 1 is 0.925 bits per heavy atom. The van der Waals surface area contributed by atoms with E-state index in [4.69, 9.17) is 23.7 Å². The minimum Gasteiger partial charge on any atom is -0.385 e. The summed E-state index contributed by atoms with van der Waals surface area (Å²) in [5.74, 6) is 0. The van der Waals surface area contributed by atoms with Crippen molar-refractivity contribution in [1.82, 2.24) is 0 Å². The van der Waals surface area contributed by atoms with Crippen LogP contribution in [0.2, 0.25) is 24.2 Å². The van der Waals surface area contributed by atoms with Crippen LogP contribution in [0.5, 0.6) is 0 Å². The molecule has 6 nitrogen and oxygen atoms in total. The third-order valence-electron chi connectivity index (χ3n) is 7.98. The van der Waals surface area contributed by atoms with E-state index in [0.29, 0.717) is 13.2 Å². The zero-order valence-corrected chi connectivity index (χ0v) is 24.7. The first-order chi connectivity index (χ1) is 19.5. The summed E-state index contributed by atoms with van der Waals surface area (Å²) in [4.78, 5) is 0. The topological polar surface area (TPSA) is 66.4 Å². The molecule has 0 spiro atoms. The van der Waals surface area contributed by atoms with Crippen molar-refractivity contribution in [2.45, 2.75) is 80.6 Å². The molecule has 0 aliphatic carbocycles. The number of aliphatic hydroxyl groups excluding tert-OH is 1. The van der Waals surface area contributed by atoms with Gasteiger partial charge < -0.3 is 28.8 Å². The number of benzene rings is 2. The minimum atomic E-state index is -1.49. The lowest BCUT2D eigenvalue weighted by Gasteiger charge is -2.47. The molecule has 0 aromatic heterocycles. The van der Waals surface area contributed by atoms with Crippen molar-refractivity contribution in [2.75, 3.05) is 13.7 Å². The first-order valence-electron chi connectivity index (χ1n) is 14.2. The Morgan fingerprint density at radius 3 is 2.20 bits per heavy atom. The Labute approximate surface area is 240 Å². The third-order valence-corrected chi connectivity index (χ3v) is 12.9. The van der Waals surface area contributed by atoms with E-state index < -0.39 is 45.1 Å². The van der Waals surface area contributed by atoms with Gasteiger partial charge in [-0.15, -0.1) is 19.7 Å². The van der Waals surface area contributed by atoms with Gasteiger partial charge in [0.15, 0.2) is 12.6 Å². The summed E-state index contributed by atoms with van der Waals surface area (Å²) < 4.78 is 29.8. The molecule has 2 heterocycles. The fraction of sp³-hybridized carbons (Fsp3) is 0.455. The molecule has 2 aliphatic rings. The zero-order chi connectivity index (χ0) is 28.4. The average Bonchev–Trinajstić information content (AvgIpc) is 2.98. The number of aryl methyl sites for hydroxylation is 1. The van der Waals surface area contributed by atoms with Gasteiger partial charge in [-0.1, -0.05) is 85.3 Å². The van der Waals surface area contributed by atoms with E-state index in [2.05, 4.69) is 62.2 Å². The van der Waals surface area contributed by atoms with E-state index in [1.807, 2.05) is 30.3 Å². The minimum absolute atomic E-state index is 0.321. The highest BCUT2D eigenvalue weighted by Gasteiger charge is 2.50. The van der Waals surface area contributed by atoms with Crippen LogP contribution in [0.25, 0.3) is 0 Å². The summed E-state index contributed by atoms with van der Waals surface area (Å²) in [5, 5.41) is 11.0. The smallest absolute Gasteiger partial charge is 0.186 e. The van der Waals surface area contributed by atoms with Crippen LogP contribution in [0.1, 0.15) is 29.4 Å². The number of methoxy groups -OCH3 is 1. The Kier molecular flexibility index (Phi) is 11.5. The molecular formula is C33H44O6Si. The Balaban J connectivity index is 1.35. The molecule has 1 N–H and O–H groups in total. The Bertz CT molecular complexity index is 1050. The summed E-state index contributed by atoms with van der Waals surface area (Å²) in [6.07, 6.45) is 4.54. The summed E-state index contributed by atoms with van der Waals surface area (Å²) in [7, 11) is 0.0260. The lowest BCUT2D eigenvalue weighted by atomic mass is 9.97. The number of allylic oxidation sites excluding steroid dienone is 3. The van der Waals surface area contributed by atoms with Gasteiger partial charge in [0.1, 0.15) is 24.4 Å². The molecule has 2 aliphatic heterocycles. The standard InChI is InChI=1S/C33H44O6Si/c1-5-19-40(20-6-2,21-7-3)22-11-12-25-15-17-26(18-16-25)23-36-31-29(34)33(35-4)38-28-24-37-32(39-30(28)31)27-13-9-8-10-14-27/h5-10,13-18,28-34H,1-3,11-12,19-24H2,4H3. The van der Waals surface area contributed by atoms with Gasteiger partial charge in [-0.2, -0.15) is 0 Å². The largest absolute Gasteiger partial charge is 0.385 e. The quantitative estimate of drug-likeness (QED) is 0.201.